The van der Waals surface area contributed by atoms with Gasteiger partial charge in [0.15, 0.2) is 0 Å². The lowest BCUT2D eigenvalue weighted by atomic mass is 10.2. The molecular formula is C18H21BrN2O3. The number of halogens is 1. The fourth-order valence-electron chi connectivity index (χ4n) is 2.20. The molecule has 0 aliphatic heterocycles. The van der Waals surface area contributed by atoms with E-state index in [1.54, 1.807) is 32.4 Å². The van der Waals surface area contributed by atoms with E-state index in [9.17, 15) is 4.79 Å². The Morgan fingerprint density at radius 1 is 1.08 bits per heavy atom. The number of ether oxygens (including phenoxy) is 2. The second kappa shape index (κ2) is 8.59. The van der Waals surface area contributed by atoms with Gasteiger partial charge in [0.05, 0.1) is 19.9 Å². The molecule has 2 aromatic rings. The highest BCUT2D eigenvalue weighted by Crippen LogP contribution is 2.29. The van der Waals surface area contributed by atoms with Gasteiger partial charge < -0.3 is 20.1 Å². The molecule has 0 saturated carbocycles. The average molecular weight is 393 g/mol. The molecule has 0 bridgehead atoms. The number of carbonyl (C=O) groups is 1. The zero-order chi connectivity index (χ0) is 17.5. The normalized spacial score (nSPS) is 10.2. The third-order valence-electron chi connectivity index (χ3n) is 3.47. The Balaban J connectivity index is 1.91. The fourth-order valence-corrected chi connectivity index (χ4v) is 2.83. The van der Waals surface area contributed by atoms with Crippen molar-refractivity contribution in [1.82, 2.24) is 0 Å². The zero-order valence-electron chi connectivity index (χ0n) is 14.0. The summed E-state index contributed by atoms with van der Waals surface area (Å²) >= 11 is 3.51. The van der Waals surface area contributed by atoms with Gasteiger partial charge in [0.1, 0.15) is 11.5 Å². The van der Waals surface area contributed by atoms with E-state index in [0.717, 1.165) is 10.2 Å². The summed E-state index contributed by atoms with van der Waals surface area (Å²) in [5.74, 6) is 1.16. The highest BCUT2D eigenvalue weighted by atomic mass is 79.9. The highest BCUT2D eigenvalue weighted by Gasteiger charge is 2.09. The Morgan fingerprint density at radius 3 is 2.54 bits per heavy atom. The molecule has 0 aromatic heterocycles. The Morgan fingerprint density at radius 2 is 1.88 bits per heavy atom. The number of anilines is 2. The van der Waals surface area contributed by atoms with Gasteiger partial charge in [-0.3, -0.25) is 4.79 Å². The van der Waals surface area contributed by atoms with Crippen LogP contribution in [0.15, 0.2) is 40.9 Å². The summed E-state index contributed by atoms with van der Waals surface area (Å²) in [5.41, 5.74) is 2.74. The van der Waals surface area contributed by atoms with Crippen LogP contribution in [0.4, 0.5) is 11.4 Å². The van der Waals surface area contributed by atoms with Crippen molar-refractivity contribution in [3.8, 4) is 11.5 Å². The van der Waals surface area contributed by atoms with E-state index in [1.807, 2.05) is 25.1 Å². The number of carbonyl (C=O) groups excluding carboxylic acids is 1. The number of rotatable bonds is 7. The molecule has 0 aliphatic rings. The molecule has 2 rings (SSSR count). The maximum absolute atomic E-state index is 12.2. The molecule has 1 amide bonds. The van der Waals surface area contributed by atoms with Crippen molar-refractivity contribution in [1.29, 1.82) is 0 Å². The van der Waals surface area contributed by atoms with Gasteiger partial charge in [0, 0.05) is 29.2 Å². The molecule has 0 heterocycles. The van der Waals surface area contributed by atoms with E-state index in [0.29, 0.717) is 30.2 Å². The first-order chi connectivity index (χ1) is 11.5. The van der Waals surface area contributed by atoms with Crippen LogP contribution < -0.4 is 20.1 Å². The number of aryl methyl sites for hydroxylation is 1. The van der Waals surface area contributed by atoms with Crippen molar-refractivity contribution in [2.24, 2.45) is 0 Å². The lowest BCUT2D eigenvalue weighted by molar-refractivity contribution is -0.116. The maximum Gasteiger partial charge on any atom is 0.226 e. The molecule has 0 aliphatic carbocycles. The minimum atomic E-state index is -0.0997. The molecule has 0 spiro atoms. The van der Waals surface area contributed by atoms with Crippen LogP contribution in [-0.2, 0) is 4.79 Å². The van der Waals surface area contributed by atoms with Crippen molar-refractivity contribution in [2.45, 2.75) is 13.3 Å². The summed E-state index contributed by atoms with van der Waals surface area (Å²) in [4.78, 5) is 12.2. The van der Waals surface area contributed by atoms with Gasteiger partial charge in [-0.25, -0.2) is 0 Å². The highest BCUT2D eigenvalue weighted by molar-refractivity contribution is 9.10. The first kappa shape index (κ1) is 18.1. The number of hydrogen-bond acceptors (Lipinski definition) is 4. The van der Waals surface area contributed by atoms with Crippen molar-refractivity contribution >= 4 is 33.2 Å². The van der Waals surface area contributed by atoms with Crippen LogP contribution in [0.25, 0.3) is 0 Å². The van der Waals surface area contributed by atoms with Crippen LogP contribution >= 0.6 is 15.9 Å². The molecular weight excluding hydrogens is 372 g/mol. The number of benzene rings is 2. The summed E-state index contributed by atoms with van der Waals surface area (Å²) < 4.78 is 11.4. The van der Waals surface area contributed by atoms with Gasteiger partial charge in [-0.15, -0.1) is 0 Å². The molecule has 0 fully saturated rings. The van der Waals surface area contributed by atoms with E-state index < -0.39 is 0 Å². The average Bonchev–Trinajstić information content (AvgIpc) is 2.56. The van der Waals surface area contributed by atoms with Gasteiger partial charge >= 0.3 is 0 Å². The van der Waals surface area contributed by atoms with E-state index in [1.165, 1.54) is 5.56 Å². The summed E-state index contributed by atoms with van der Waals surface area (Å²) in [6.45, 7) is 2.56. The van der Waals surface area contributed by atoms with Crippen molar-refractivity contribution in [3.63, 3.8) is 0 Å². The van der Waals surface area contributed by atoms with Crippen LogP contribution in [0, 0.1) is 6.92 Å². The molecule has 2 aromatic carbocycles. The largest absolute Gasteiger partial charge is 0.497 e. The van der Waals surface area contributed by atoms with E-state index >= 15 is 0 Å². The van der Waals surface area contributed by atoms with Gasteiger partial charge in [-0.1, -0.05) is 6.07 Å². The molecule has 0 saturated heterocycles. The predicted molar refractivity (Wildman–Crippen MR) is 100 cm³/mol. The van der Waals surface area contributed by atoms with Crippen LogP contribution in [0.3, 0.4) is 0 Å². The molecule has 0 radical (unpaired) electrons. The van der Waals surface area contributed by atoms with E-state index in [4.69, 9.17) is 9.47 Å². The zero-order valence-corrected chi connectivity index (χ0v) is 15.6. The molecule has 0 atom stereocenters. The van der Waals surface area contributed by atoms with Gasteiger partial charge in [-0.05, 0) is 52.7 Å². The number of amides is 1. The topological polar surface area (TPSA) is 59.6 Å². The van der Waals surface area contributed by atoms with Crippen molar-refractivity contribution < 1.29 is 14.3 Å². The Hall–Kier alpha value is -2.21. The van der Waals surface area contributed by atoms with Gasteiger partial charge in [0.25, 0.3) is 0 Å². The summed E-state index contributed by atoms with van der Waals surface area (Å²) in [6.07, 6.45) is 0.334. The number of nitrogens with one attached hydrogen (secondary N) is 2. The third-order valence-corrected chi connectivity index (χ3v) is 4.13. The lowest BCUT2D eigenvalue weighted by Gasteiger charge is -2.12. The Kier molecular flexibility index (Phi) is 6.49. The van der Waals surface area contributed by atoms with Crippen molar-refractivity contribution in [2.75, 3.05) is 31.4 Å². The minimum absolute atomic E-state index is 0.0997. The first-order valence-corrected chi connectivity index (χ1v) is 8.34. The van der Waals surface area contributed by atoms with Crippen LogP contribution in [0.2, 0.25) is 0 Å². The Labute approximate surface area is 150 Å². The standard InChI is InChI=1S/C18H21BrN2O3/c1-12-4-6-15(14(19)10-12)20-9-8-18(22)21-16-11-13(23-2)5-7-17(16)24-3/h4-7,10-11,20H,8-9H2,1-3H3,(H,21,22). The third kappa shape index (κ3) is 4.89. The number of methoxy groups -OCH3 is 2. The van der Waals surface area contributed by atoms with Gasteiger partial charge in [0.2, 0.25) is 5.91 Å². The summed E-state index contributed by atoms with van der Waals surface area (Å²) in [6, 6.07) is 11.3. The second-order valence-electron chi connectivity index (χ2n) is 5.27. The smallest absolute Gasteiger partial charge is 0.226 e. The molecule has 6 heteroatoms. The minimum Gasteiger partial charge on any atom is -0.497 e. The van der Waals surface area contributed by atoms with Crippen molar-refractivity contribution in [3.05, 3.63) is 46.4 Å². The quantitative estimate of drug-likeness (QED) is 0.740. The molecule has 2 N–H and O–H groups in total. The Bertz CT molecular complexity index is 719. The molecule has 24 heavy (non-hydrogen) atoms. The first-order valence-electron chi connectivity index (χ1n) is 7.55. The van der Waals surface area contributed by atoms with Crippen LogP contribution in [-0.4, -0.2) is 26.7 Å². The lowest BCUT2D eigenvalue weighted by Crippen LogP contribution is -2.17. The van der Waals surface area contributed by atoms with Gasteiger partial charge in [-0.2, -0.15) is 0 Å². The number of hydrogen-bond donors (Lipinski definition) is 2. The predicted octanol–water partition coefficient (Wildman–Crippen LogP) is 4.22. The van der Waals surface area contributed by atoms with E-state index in [-0.39, 0.29) is 5.91 Å². The van der Waals surface area contributed by atoms with Crippen LogP contribution in [0.5, 0.6) is 11.5 Å². The van der Waals surface area contributed by atoms with E-state index in [2.05, 4.69) is 26.6 Å². The molecule has 5 nitrogen and oxygen atoms in total. The molecule has 0 unspecified atom stereocenters. The summed E-state index contributed by atoms with van der Waals surface area (Å²) in [7, 11) is 3.14. The monoisotopic (exact) mass is 392 g/mol. The SMILES string of the molecule is COc1ccc(OC)c(NC(=O)CCNc2ccc(C)cc2Br)c1. The van der Waals surface area contributed by atoms with Crippen LogP contribution in [0.1, 0.15) is 12.0 Å². The summed E-state index contributed by atoms with van der Waals surface area (Å²) in [5, 5.41) is 6.09. The fraction of sp³-hybridized carbons (Fsp3) is 0.278. The maximum atomic E-state index is 12.2. The second-order valence-corrected chi connectivity index (χ2v) is 6.13. The molecule has 128 valence electrons.